The number of nitrogens with one attached hydrogen (secondary N) is 1. The number of ether oxygens (including phenoxy) is 1. The maximum Gasteiger partial charge on any atom is 0.213 e. The third kappa shape index (κ3) is 3.90. The van der Waals surface area contributed by atoms with Gasteiger partial charge in [0.2, 0.25) is 16.8 Å². The lowest BCUT2D eigenvalue weighted by molar-refractivity contribution is 0.381. The van der Waals surface area contributed by atoms with E-state index in [4.69, 9.17) is 4.74 Å². The van der Waals surface area contributed by atoms with Gasteiger partial charge in [-0.15, -0.1) is 0 Å². The fourth-order valence-corrected chi connectivity index (χ4v) is 3.39. The number of anilines is 1. The van der Waals surface area contributed by atoms with E-state index in [1.54, 1.807) is 19.6 Å². The maximum atomic E-state index is 10.5. The molecule has 0 aromatic carbocycles. The Balaban J connectivity index is 1.69. The zero-order chi connectivity index (χ0) is 16.9. The van der Waals surface area contributed by atoms with E-state index in [1.807, 2.05) is 6.07 Å². The molecule has 8 nitrogen and oxygen atoms in total. The molecule has 1 aliphatic heterocycles. The highest BCUT2D eigenvalue weighted by Gasteiger charge is 2.21. The zero-order valence-electron chi connectivity index (χ0n) is 13.5. The van der Waals surface area contributed by atoms with Crippen LogP contribution in [-0.2, 0) is 10.9 Å². The summed E-state index contributed by atoms with van der Waals surface area (Å²) in [5.41, 5.74) is 0.798. The summed E-state index contributed by atoms with van der Waals surface area (Å²) in [6.45, 7) is 2.30. The van der Waals surface area contributed by atoms with Gasteiger partial charge in [-0.05, 0) is 25.2 Å². The third-order valence-electron chi connectivity index (χ3n) is 4.39. The average molecular weight is 351 g/mol. The SMILES string of the molecule is COc1cc2c(N3CCC(CCN[SH](=O)=O)CC3)ncnc2cn1. The number of pyridine rings is 1. The fraction of sp³-hybridized carbons (Fsp3) is 0.533. The molecule has 24 heavy (non-hydrogen) atoms. The maximum absolute atomic E-state index is 10.5. The molecule has 0 amide bonds. The van der Waals surface area contributed by atoms with Crippen molar-refractivity contribution in [3.8, 4) is 5.88 Å². The van der Waals surface area contributed by atoms with Crippen molar-refractivity contribution in [2.45, 2.75) is 19.3 Å². The molecule has 2 aromatic heterocycles. The first-order valence-corrected chi connectivity index (χ1v) is 9.12. The second kappa shape index (κ2) is 7.71. The topological polar surface area (TPSA) is 97.3 Å². The van der Waals surface area contributed by atoms with Gasteiger partial charge >= 0.3 is 0 Å². The summed E-state index contributed by atoms with van der Waals surface area (Å²) in [6.07, 6.45) is 6.17. The lowest BCUT2D eigenvalue weighted by atomic mass is 9.93. The van der Waals surface area contributed by atoms with Crippen molar-refractivity contribution < 1.29 is 13.2 Å². The van der Waals surface area contributed by atoms with E-state index in [0.29, 0.717) is 18.3 Å². The normalized spacial score (nSPS) is 16.0. The summed E-state index contributed by atoms with van der Waals surface area (Å²) in [6, 6.07) is 1.87. The second-order valence-electron chi connectivity index (χ2n) is 5.83. The highest BCUT2D eigenvalue weighted by Crippen LogP contribution is 2.29. The van der Waals surface area contributed by atoms with Crippen LogP contribution in [0.15, 0.2) is 18.6 Å². The van der Waals surface area contributed by atoms with Crippen molar-refractivity contribution in [3.63, 3.8) is 0 Å². The molecular formula is C15H21N5O3S. The lowest BCUT2D eigenvalue weighted by Gasteiger charge is -2.33. The summed E-state index contributed by atoms with van der Waals surface area (Å²) in [7, 11) is -0.902. The molecule has 1 N–H and O–H groups in total. The largest absolute Gasteiger partial charge is 0.481 e. The number of methoxy groups -OCH3 is 1. The van der Waals surface area contributed by atoms with Crippen molar-refractivity contribution >= 4 is 27.6 Å². The molecule has 0 spiro atoms. The number of hydrogen-bond donors (Lipinski definition) is 2. The number of hydrogen-bond acceptors (Lipinski definition) is 7. The van der Waals surface area contributed by atoms with E-state index in [0.717, 1.165) is 49.1 Å². The van der Waals surface area contributed by atoms with Crippen LogP contribution in [0.3, 0.4) is 0 Å². The monoisotopic (exact) mass is 351 g/mol. The molecule has 1 fully saturated rings. The number of nitrogens with zero attached hydrogens (tertiary/aromatic N) is 4. The van der Waals surface area contributed by atoms with Gasteiger partial charge in [-0.2, -0.15) is 0 Å². The van der Waals surface area contributed by atoms with Gasteiger partial charge in [-0.1, -0.05) is 0 Å². The molecule has 2 aromatic rings. The second-order valence-corrected chi connectivity index (χ2v) is 6.66. The lowest BCUT2D eigenvalue weighted by Crippen LogP contribution is -2.35. The summed E-state index contributed by atoms with van der Waals surface area (Å²) in [5.74, 6) is 1.99. The van der Waals surface area contributed by atoms with Crippen LogP contribution in [-0.4, -0.2) is 50.1 Å². The van der Waals surface area contributed by atoms with E-state index < -0.39 is 10.9 Å². The van der Waals surface area contributed by atoms with Crippen LogP contribution in [0.1, 0.15) is 19.3 Å². The average Bonchev–Trinajstić information content (AvgIpc) is 2.61. The Kier molecular flexibility index (Phi) is 5.41. The van der Waals surface area contributed by atoms with Gasteiger partial charge in [0.05, 0.1) is 18.8 Å². The van der Waals surface area contributed by atoms with Crippen LogP contribution in [0, 0.1) is 5.92 Å². The van der Waals surface area contributed by atoms with Gasteiger partial charge in [0.15, 0.2) is 0 Å². The van der Waals surface area contributed by atoms with Gasteiger partial charge in [0.1, 0.15) is 12.1 Å². The first-order chi connectivity index (χ1) is 11.7. The minimum absolute atomic E-state index is 0.517. The summed E-state index contributed by atoms with van der Waals surface area (Å²) in [5, 5.41) is 0.938. The third-order valence-corrected chi connectivity index (χ3v) is 4.87. The Morgan fingerprint density at radius 3 is 2.79 bits per heavy atom. The van der Waals surface area contributed by atoms with Gasteiger partial charge in [-0.25, -0.2) is 28.1 Å². The predicted molar refractivity (Wildman–Crippen MR) is 91.8 cm³/mol. The number of fused-ring (bicyclic) bond motifs is 1. The van der Waals surface area contributed by atoms with E-state index in [9.17, 15) is 8.42 Å². The molecular weight excluding hydrogens is 330 g/mol. The number of piperidine rings is 1. The predicted octanol–water partition coefficient (Wildman–Crippen LogP) is 0.756. The summed E-state index contributed by atoms with van der Waals surface area (Å²) in [4.78, 5) is 15.2. The summed E-state index contributed by atoms with van der Waals surface area (Å²) >= 11 is 0. The first kappa shape index (κ1) is 16.8. The number of rotatable bonds is 6. The van der Waals surface area contributed by atoms with E-state index in [-0.39, 0.29) is 0 Å². The molecule has 9 heteroatoms. The van der Waals surface area contributed by atoms with Crippen LogP contribution in [0.4, 0.5) is 5.82 Å². The van der Waals surface area contributed by atoms with Crippen LogP contribution in [0.5, 0.6) is 5.88 Å². The minimum atomic E-state index is -2.49. The van der Waals surface area contributed by atoms with Crippen LogP contribution in [0.2, 0.25) is 0 Å². The molecule has 0 radical (unpaired) electrons. The molecule has 0 bridgehead atoms. The quantitative estimate of drug-likeness (QED) is 0.741. The molecule has 130 valence electrons. The molecule has 3 heterocycles. The van der Waals surface area contributed by atoms with Crippen molar-refractivity contribution in [3.05, 3.63) is 18.6 Å². The Hall–Kier alpha value is -2.00. The van der Waals surface area contributed by atoms with Crippen LogP contribution in [0.25, 0.3) is 10.9 Å². The molecule has 1 saturated heterocycles. The molecule has 0 unspecified atom stereocenters. The van der Waals surface area contributed by atoms with Crippen molar-refractivity contribution in [1.82, 2.24) is 19.7 Å². The highest BCUT2D eigenvalue weighted by atomic mass is 32.2. The van der Waals surface area contributed by atoms with E-state index >= 15 is 0 Å². The standard InChI is InChI=1S/C15H21N5O3S/c1-23-14-8-12-13(9-16-14)17-10-18-15(12)20-6-3-11(4-7-20)2-5-19-24(21)22/h8-11,24H,2-7H2,1H3,(H,19,21,22). The molecule has 3 rings (SSSR count). The molecule has 0 aliphatic carbocycles. The zero-order valence-corrected chi connectivity index (χ0v) is 14.4. The fourth-order valence-electron chi connectivity index (χ4n) is 3.08. The van der Waals surface area contributed by atoms with Crippen molar-refractivity contribution in [2.75, 3.05) is 31.6 Å². The van der Waals surface area contributed by atoms with Gasteiger partial charge < -0.3 is 9.64 Å². The molecule has 1 aliphatic rings. The summed E-state index contributed by atoms with van der Waals surface area (Å²) < 4.78 is 28.8. The smallest absolute Gasteiger partial charge is 0.213 e. The van der Waals surface area contributed by atoms with Crippen molar-refractivity contribution in [1.29, 1.82) is 0 Å². The number of aromatic nitrogens is 3. The first-order valence-electron chi connectivity index (χ1n) is 7.95. The molecule has 0 atom stereocenters. The highest BCUT2D eigenvalue weighted by molar-refractivity contribution is 7.70. The van der Waals surface area contributed by atoms with Crippen LogP contribution < -0.4 is 14.4 Å². The Morgan fingerprint density at radius 1 is 1.29 bits per heavy atom. The van der Waals surface area contributed by atoms with Crippen molar-refractivity contribution in [2.24, 2.45) is 5.92 Å². The van der Waals surface area contributed by atoms with Gasteiger partial charge in [-0.3, -0.25) is 0 Å². The van der Waals surface area contributed by atoms with Gasteiger partial charge in [0, 0.05) is 31.1 Å². The number of thiol groups is 1. The Bertz CT molecular complexity index is 767. The van der Waals surface area contributed by atoms with E-state index in [2.05, 4.69) is 24.6 Å². The van der Waals surface area contributed by atoms with Gasteiger partial charge in [0.25, 0.3) is 0 Å². The van der Waals surface area contributed by atoms with E-state index in [1.165, 1.54) is 0 Å². The molecule has 0 saturated carbocycles. The van der Waals surface area contributed by atoms with Crippen LogP contribution >= 0.6 is 0 Å². The Labute approximate surface area is 142 Å². The Morgan fingerprint density at radius 2 is 2.08 bits per heavy atom. The minimum Gasteiger partial charge on any atom is -0.481 e.